The van der Waals surface area contributed by atoms with Gasteiger partial charge in [-0.15, -0.1) is 0 Å². The van der Waals surface area contributed by atoms with Crippen molar-refractivity contribution in [3.63, 3.8) is 0 Å². The fraction of sp³-hybridized carbons (Fsp3) is 0.750. The highest BCUT2D eigenvalue weighted by atomic mass is 32.2. The summed E-state index contributed by atoms with van der Waals surface area (Å²) >= 11 is 1.13. The molecule has 106 valence electrons. The van der Waals surface area contributed by atoms with Crippen LogP contribution in [0.4, 0.5) is 4.79 Å². The largest absolute Gasteiger partial charge is 0.481 e. The van der Waals surface area contributed by atoms with Crippen LogP contribution in [0.25, 0.3) is 0 Å². The Kier molecular flexibility index (Phi) is 4.68. The number of nitrogens with zero attached hydrogens (tertiary/aromatic N) is 1. The first kappa shape index (κ1) is 14.2. The van der Waals surface area contributed by atoms with Crippen molar-refractivity contribution in [2.24, 2.45) is 0 Å². The number of nitrogens with one attached hydrogen (secondary N) is 1. The summed E-state index contributed by atoms with van der Waals surface area (Å²) < 4.78 is 0. The van der Waals surface area contributed by atoms with Crippen LogP contribution in [0.2, 0.25) is 0 Å². The highest BCUT2D eigenvalue weighted by Gasteiger charge is 2.35. The molecule has 2 aliphatic rings. The molecule has 2 amide bonds. The quantitative estimate of drug-likeness (QED) is 0.807. The Balaban J connectivity index is 1.96. The van der Waals surface area contributed by atoms with Gasteiger partial charge in [0.25, 0.3) is 5.24 Å². The topological polar surface area (TPSA) is 86.7 Å². The minimum absolute atomic E-state index is 0.000137. The van der Waals surface area contributed by atoms with E-state index in [0.717, 1.165) is 31.0 Å². The van der Waals surface area contributed by atoms with E-state index in [1.54, 1.807) is 4.90 Å². The molecule has 2 heterocycles. The molecule has 7 heteroatoms. The molecule has 0 aliphatic carbocycles. The van der Waals surface area contributed by atoms with Crippen molar-refractivity contribution in [1.82, 2.24) is 10.2 Å². The lowest BCUT2D eigenvalue weighted by molar-refractivity contribution is -0.140. The zero-order valence-corrected chi connectivity index (χ0v) is 11.4. The van der Waals surface area contributed by atoms with Gasteiger partial charge in [-0.25, -0.2) is 0 Å². The zero-order chi connectivity index (χ0) is 13.8. The van der Waals surface area contributed by atoms with E-state index in [2.05, 4.69) is 5.32 Å². The van der Waals surface area contributed by atoms with Crippen molar-refractivity contribution in [1.29, 1.82) is 0 Å². The van der Waals surface area contributed by atoms with Crippen LogP contribution < -0.4 is 5.32 Å². The third kappa shape index (κ3) is 3.62. The summed E-state index contributed by atoms with van der Waals surface area (Å²) in [6, 6.07) is -0.442. The number of hydrogen-bond acceptors (Lipinski definition) is 4. The van der Waals surface area contributed by atoms with Gasteiger partial charge in [-0.1, -0.05) is 11.8 Å². The Hall–Kier alpha value is -1.24. The standard InChI is InChI=1S/C12H18N2O4S/c15-10(16)5-4-8-3-1-2-6-14(8)11(17)9-7-19-12(18)13-9/h8-9H,1-7H2,(H,13,18)(H,15,16). The molecule has 2 aliphatic heterocycles. The Morgan fingerprint density at radius 1 is 1.42 bits per heavy atom. The molecule has 2 unspecified atom stereocenters. The predicted octanol–water partition coefficient (Wildman–Crippen LogP) is 1.06. The van der Waals surface area contributed by atoms with Crippen LogP contribution in [0.3, 0.4) is 0 Å². The van der Waals surface area contributed by atoms with Gasteiger partial charge in [-0.05, 0) is 25.7 Å². The molecule has 0 aromatic rings. The number of hydrogen-bond donors (Lipinski definition) is 2. The Morgan fingerprint density at radius 3 is 2.84 bits per heavy atom. The van der Waals surface area contributed by atoms with Crippen LogP contribution in [0.5, 0.6) is 0 Å². The minimum atomic E-state index is -0.831. The van der Waals surface area contributed by atoms with Crippen LogP contribution in [0.1, 0.15) is 32.1 Å². The third-order valence-corrected chi connectivity index (χ3v) is 4.45. The number of amides is 2. The highest BCUT2D eigenvalue weighted by Crippen LogP contribution is 2.24. The van der Waals surface area contributed by atoms with Crippen molar-refractivity contribution < 1.29 is 19.5 Å². The van der Waals surface area contributed by atoms with Crippen molar-refractivity contribution in [3.05, 3.63) is 0 Å². The molecule has 6 nitrogen and oxygen atoms in total. The maximum absolute atomic E-state index is 12.4. The maximum Gasteiger partial charge on any atom is 0.303 e. The van der Waals surface area contributed by atoms with Crippen LogP contribution >= 0.6 is 11.8 Å². The summed E-state index contributed by atoms with van der Waals surface area (Å²) in [5.74, 6) is -0.420. The van der Waals surface area contributed by atoms with Gasteiger partial charge < -0.3 is 15.3 Å². The summed E-state index contributed by atoms with van der Waals surface area (Å²) in [7, 11) is 0. The smallest absolute Gasteiger partial charge is 0.303 e. The number of carbonyl (C=O) groups excluding carboxylic acids is 2. The Labute approximate surface area is 115 Å². The molecule has 0 spiro atoms. The third-order valence-electron chi connectivity index (χ3n) is 3.57. The summed E-state index contributed by atoms with van der Waals surface area (Å²) in [6.45, 7) is 0.667. The number of carboxylic acids is 1. The van der Waals surface area contributed by atoms with E-state index in [1.165, 1.54) is 0 Å². The second-order valence-electron chi connectivity index (χ2n) is 4.91. The van der Waals surface area contributed by atoms with E-state index < -0.39 is 12.0 Å². The molecule has 2 fully saturated rings. The predicted molar refractivity (Wildman–Crippen MR) is 71.0 cm³/mol. The van der Waals surface area contributed by atoms with Gasteiger partial charge in [0.2, 0.25) is 5.91 Å². The number of carbonyl (C=O) groups is 3. The lowest BCUT2D eigenvalue weighted by atomic mass is 9.97. The Morgan fingerprint density at radius 2 is 2.21 bits per heavy atom. The van der Waals surface area contributed by atoms with Gasteiger partial charge in [0.05, 0.1) is 0 Å². The second kappa shape index (κ2) is 6.27. The fourth-order valence-electron chi connectivity index (χ4n) is 2.60. The van der Waals surface area contributed by atoms with Crippen LogP contribution in [-0.2, 0) is 9.59 Å². The molecule has 2 rings (SSSR count). The molecule has 2 atom stereocenters. The van der Waals surface area contributed by atoms with E-state index >= 15 is 0 Å². The lowest BCUT2D eigenvalue weighted by Gasteiger charge is -2.37. The molecule has 0 saturated carbocycles. The molecular weight excluding hydrogens is 268 g/mol. The average Bonchev–Trinajstić information content (AvgIpc) is 2.82. The molecule has 0 radical (unpaired) electrons. The summed E-state index contributed by atoms with van der Waals surface area (Å²) in [5.41, 5.74) is 0. The minimum Gasteiger partial charge on any atom is -0.481 e. The number of carboxylic acid groups (broad SMARTS) is 1. The van der Waals surface area contributed by atoms with Crippen LogP contribution in [0, 0.1) is 0 Å². The van der Waals surface area contributed by atoms with E-state index in [-0.39, 0.29) is 23.6 Å². The van der Waals surface area contributed by atoms with Crippen molar-refractivity contribution in [3.8, 4) is 0 Å². The van der Waals surface area contributed by atoms with Crippen LogP contribution in [-0.4, -0.2) is 51.5 Å². The SMILES string of the molecule is O=C(O)CCC1CCCCN1C(=O)C1CSC(=O)N1. The Bertz CT molecular complexity index is 388. The van der Waals surface area contributed by atoms with E-state index in [9.17, 15) is 14.4 Å². The molecule has 2 saturated heterocycles. The average molecular weight is 286 g/mol. The fourth-order valence-corrected chi connectivity index (χ4v) is 3.37. The van der Waals surface area contributed by atoms with Gasteiger partial charge >= 0.3 is 5.97 Å². The number of piperidine rings is 1. The van der Waals surface area contributed by atoms with Gasteiger partial charge in [-0.3, -0.25) is 14.4 Å². The molecule has 19 heavy (non-hydrogen) atoms. The zero-order valence-electron chi connectivity index (χ0n) is 10.6. The molecular formula is C12H18N2O4S. The first-order valence-electron chi connectivity index (χ1n) is 6.53. The lowest BCUT2D eigenvalue weighted by Crippen LogP contribution is -2.51. The normalized spacial score (nSPS) is 27.2. The van der Waals surface area contributed by atoms with E-state index in [4.69, 9.17) is 5.11 Å². The molecule has 2 N–H and O–H groups in total. The van der Waals surface area contributed by atoms with E-state index in [0.29, 0.717) is 18.7 Å². The summed E-state index contributed by atoms with van der Waals surface area (Å²) in [6.07, 6.45) is 3.41. The summed E-state index contributed by atoms with van der Waals surface area (Å²) in [5, 5.41) is 11.2. The highest BCUT2D eigenvalue weighted by molar-refractivity contribution is 8.14. The van der Waals surface area contributed by atoms with Gasteiger partial charge in [0.15, 0.2) is 0 Å². The van der Waals surface area contributed by atoms with Gasteiger partial charge in [0.1, 0.15) is 6.04 Å². The molecule has 0 aromatic heterocycles. The van der Waals surface area contributed by atoms with Crippen molar-refractivity contribution in [2.45, 2.75) is 44.2 Å². The molecule has 0 aromatic carbocycles. The number of rotatable bonds is 4. The first-order chi connectivity index (χ1) is 9.08. The van der Waals surface area contributed by atoms with Gasteiger partial charge in [0, 0.05) is 24.8 Å². The number of aliphatic carboxylic acids is 1. The van der Waals surface area contributed by atoms with Crippen LogP contribution in [0.15, 0.2) is 0 Å². The number of likely N-dealkylation sites (tertiary alicyclic amines) is 1. The van der Waals surface area contributed by atoms with Crippen molar-refractivity contribution >= 4 is 28.9 Å². The summed E-state index contributed by atoms with van der Waals surface area (Å²) in [4.78, 5) is 35.9. The molecule has 0 bridgehead atoms. The maximum atomic E-state index is 12.4. The monoisotopic (exact) mass is 286 g/mol. The van der Waals surface area contributed by atoms with Gasteiger partial charge in [-0.2, -0.15) is 0 Å². The second-order valence-corrected chi connectivity index (χ2v) is 5.90. The van der Waals surface area contributed by atoms with Crippen molar-refractivity contribution in [2.75, 3.05) is 12.3 Å². The first-order valence-corrected chi connectivity index (χ1v) is 7.52. The van der Waals surface area contributed by atoms with E-state index in [1.807, 2.05) is 0 Å². The number of thioether (sulfide) groups is 1.